The first-order valence-corrected chi connectivity index (χ1v) is 13.8. The van der Waals surface area contributed by atoms with Crippen molar-refractivity contribution in [3.8, 4) is 5.75 Å². The summed E-state index contributed by atoms with van der Waals surface area (Å²) in [5.74, 6) is -0.223. The van der Waals surface area contributed by atoms with Gasteiger partial charge >= 0.3 is 5.97 Å². The summed E-state index contributed by atoms with van der Waals surface area (Å²) >= 11 is 0. The van der Waals surface area contributed by atoms with Gasteiger partial charge in [-0.1, -0.05) is 64.7 Å². The molecule has 3 rings (SSSR count). The van der Waals surface area contributed by atoms with E-state index in [9.17, 15) is 13.2 Å². The molecule has 34 heavy (non-hydrogen) atoms. The Morgan fingerprint density at radius 2 is 1.76 bits per heavy atom. The Kier molecular flexibility index (Phi) is 8.24. The second-order valence-electron chi connectivity index (χ2n) is 9.81. The molecule has 0 saturated carbocycles. The maximum absolute atomic E-state index is 12.9. The van der Waals surface area contributed by atoms with Gasteiger partial charge in [0.15, 0.2) is 9.84 Å². The number of hydrogen-bond acceptors (Lipinski definition) is 4. The van der Waals surface area contributed by atoms with E-state index in [1.807, 2.05) is 19.1 Å². The molecule has 0 aromatic heterocycles. The van der Waals surface area contributed by atoms with Gasteiger partial charge in [0.2, 0.25) is 0 Å². The third kappa shape index (κ3) is 6.09. The maximum Gasteiger partial charge on any atom is 0.335 e. The number of rotatable bonds is 10. The Labute approximate surface area is 203 Å². The molecule has 5 nitrogen and oxygen atoms in total. The zero-order valence-corrected chi connectivity index (χ0v) is 21.5. The first kappa shape index (κ1) is 26.0. The van der Waals surface area contributed by atoms with E-state index in [1.54, 1.807) is 30.3 Å². The topological polar surface area (TPSA) is 80.7 Å². The van der Waals surface area contributed by atoms with E-state index >= 15 is 0 Å². The third-order valence-electron chi connectivity index (χ3n) is 6.61. The maximum atomic E-state index is 12.9. The highest BCUT2D eigenvalue weighted by atomic mass is 32.2. The van der Waals surface area contributed by atoms with Crippen LogP contribution >= 0.6 is 0 Å². The van der Waals surface area contributed by atoms with Crippen LogP contribution in [0.4, 0.5) is 0 Å². The average molecular weight is 485 g/mol. The number of carboxylic acids is 1. The predicted octanol–water partition coefficient (Wildman–Crippen LogP) is 6.75. The molecule has 0 aliphatic carbocycles. The lowest BCUT2D eigenvalue weighted by Crippen LogP contribution is -2.30. The number of ether oxygens (including phenoxy) is 1. The highest BCUT2D eigenvalue weighted by Gasteiger charge is 2.36. The molecule has 1 aliphatic heterocycles. The molecule has 0 atom stereocenters. The number of benzene rings is 2. The van der Waals surface area contributed by atoms with Crippen molar-refractivity contribution in [1.29, 1.82) is 0 Å². The van der Waals surface area contributed by atoms with Gasteiger partial charge in [0, 0.05) is 5.56 Å². The van der Waals surface area contributed by atoms with Crippen molar-refractivity contribution in [3.05, 3.63) is 58.7 Å². The molecule has 2 aromatic carbocycles. The van der Waals surface area contributed by atoms with Crippen molar-refractivity contribution < 1.29 is 23.1 Å². The van der Waals surface area contributed by atoms with E-state index in [-0.39, 0.29) is 16.7 Å². The van der Waals surface area contributed by atoms with Crippen molar-refractivity contribution in [2.24, 2.45) is 0 Å². The van der Waals surface area contributed by atoms with Crippen LogP contribution in [0.15, 0.2) is 41.3 Å². The van der Waals surface area contributed by atoms with Gasteiger partial charge in [-0.25, -0.2) is 13.2 Å². The summed E-state index contributed by atoms with van der Waals surface area (Å²) in [6.45, 7) is 8.87. The van der Waals surface area contributed by atoms with Crippen LogP contribution in [0.5, 0.6) is 5.75 Å². The van der Waals surface area contributed by atoms with E-state index in [2.05, 4.69) is 20.8 Å². The molecule has 0 amide bonds. The van der Waals surface area contributed by atoms with E-state index in [0.29, 0.717) is 23.7 Å². The Bertz CT molecular complexity index is 1160. The minimum absolute atomic E-state index is 0.146. The molecule has 1 aliphatic rings. The molecule has 0 unspecified atom stereocenters. The Hall–Kier alpha value is -2.60. The lowest BCUT2D eigenvalue weighted by atomic mass is 9.80. The minimum atomic E-state index is -3.35. The quantitative estimate of drug-likeness (QED) is 0.298. The number of carboxylic acid groups (broad SMARTS) is 1. The third-order valence-corrected chi connectivity index (χ3v) is 8.36. The number of hydrogen-bond donors (Lipinski definition) is 1. The summed E-state index contributed by atoms with van der Waals surface area (Å²) in [5.41, 5.74) is 3.50. The predicted molar refractivity (Wildman–Crippen MR) is 137 cm³/mol. The monoisotopic (exact) mass is 484 g/mol. The SMILES string of the molecule is CCCCCCCOc1cc2c(cc1C(C)=Cc1ccc(C(=O)O)cc1)C(C)(C)CCS2(=O)=O. The molecule has 0 bridgehead atoms. The molecule has 1 heterocycles. The van der Waals surface area contributed by atoms with Crippen molar-refractivity contribution in [3.63, 3.8) is 0 Å². The van der Waals surface area contributed by atoms with Crippen molar-refractivity contribution in [1.82, 2.24) is 0 Å². The zero-order chi connectivity index (χ0) is 24.9. The average Bonchev–Trinajstić information content (AvgIpc) is 2.79. The van der Waals surface area contributed by atoms with Gasteiger partial charge in [0.1, 0.15) is 5.75 Å². The molecular formula is C28H36O5S. The van der Waals surface area contributed by atoms with E-state index in [0.717, 1.165) is 35.1 Å². The van der Waals surface area contributed by atoms with E-state index < -0.39 is 15.8 Å². The molecule has 0 spiro atoms. The van der Waals surface area contributed by atoms with Gasteiger partial charge < -0.3 is 9.84 Å². The van der Waals surface area contributed by atoms with Crippen LogP contribution in [-0.4, -0.2) is 31.9 Å². The number of sulfone groups is 1. The van der Waals surface area contributed by atoms with Crippen molar-refractivity contribution in [2.45, 2.75) is 76.5 Å². The number of allylic oxidation sites excluding steroid dienone is 1. The lowest BCUT2D eigenvalue weighted by Gasteiger charge is -2.33. The second kappa shape index (κ2) is 10.8. The fraction of sp³-hybridized carbons (Fsp3) is 0.464. The largest absolute Gasteiger partial charge is 0.493 e. The summed E-state index contributed by atoms with van der Waals surface area (Å²) in [6, 6.07) is 10.4. The fourth-order valence-corrected chi connectivity index (χ4v) is 6.30. The highest BCUT2D eigenvalue weighted by molar-refractivity contribution is 7.91. The molecule has 0 radical (unpaired) electrons. The Balaban J connectivity index is 1.99. The van der Waals surface area contributed by atoms with Gasteiger partial charge in [-0.15, -0.1) is 0 Å². The van der Waals surface area contributed by atoms with Crippen molar-refractivity contribution in [2.75, 3.05) is 12.4 Å². The molecule has 1 N–H and O–H groups in total. The number of carbonyl (C=O) groups is 1. The van der Waals surface area contributed by atoms with Crippen LogP contribution < -0.4 is 4.74 Å². The van der Waals surface area contributed by atoms with Crippen LogP contribution in [0.2, 0.25) is 0 Å². The Morgan fingerprint density at radius 1 is 1.09 bits per heavy atom. The second-order valence-corrected chi connectivity index (χ2v) is 11.9. The van der Waals surface area contributed by atoms with Gasteiger partial charge in [-0.05, 0) is 66.1 Å². The van der Waals surface area contributed by atoms with Gasteiger partial charge in [0.05, 0.1) is 22.8 Å². The summed E-state index contributed by atoms with van der Waals surface area (Å²) in [6.07, 6.45) is 8.13. The zero-order valence-electron chi connectivity index (χ0n) is 20.7. The number of aromatic carboxylic acids is 1. The standard InChI is InChI=1S/C28H36O5S/c1-5-6-7-8-9-15-33-25-19-26-24(28(3,4)14-16-34(26,31)32)18-23(25)20(2)17-21-10-12-22(13-11-21)27(29)30/h10-13,17-19H,5-9,14-16H2,1-4H3,(H,29,30). The van der Waals surface area contributed by atoms with Gasteiger partial charge in [0.25, 0.3) is 0 Å². The first-order valence-electron chi connectivity index (χ1n) is 12.1. The van der Waals surface area contributed by atoms with Crippen LogP contribution in [0.1, 0.15) is 93.3 Å². The van der Waals surface area contributed by atoms with E-state index in [1.165, 1.54) is 19.3 Å². The highest BCUT2D eigenvalue weighted by Crippen LogP contribution is 2.43. The summed E-state index contributed by atoms with van der Waals surface area (Å²) in [4.78, 5) is 11.5. The minimum Gasteiger partial charge on any atom is -0.493 e. The fourth-order valence-electron chi connectivity index (χ4n) is 4.35. The Morgan fingerprint density at radius 3 is 2.41 bits per heavy atom. The smallest absolute Gasteiger partial charge is 0.335 e. The summed E-state index contributed by atoms with van der Waals surface area (Å²) in [5, 5.41) is 9.15. The first-order chi connectivity index (χ1) is 16.0. The van der Waals surface area contributed by atoms with Crippen LogP contribution in [0.3, 0.4) is 0 Å². The summed E-state index contributed by atoms with van der Waals surface area (Å²) < 4.78 is 32.0. The number of fused-ring (bicyclic) bond motifs is 1. The number of unbranched alkanes of at least 4 members (excludes halogenated alkanes) is 4. The molecule has 2 aromatic rings. The molecule has 6 heteroatoms. The lowest BCUT2D eigenvalue weighted by molar-refractivity contribution is 0.0697. The van der Waals surface area contributed by atoms with Crippen LogP contribution in [0.25, 0.3) is 11.6 Å². The molecule has 184 valence electrons. The summed E-state index contributed by atoms with van der Waals surface area (Å²) in [7, 11) is -3.35. The van der Waals surface area contributed by atoms with Crippen LogP contribution in [0, 0.1) is 0 Å². The van der Waals surface area contributed by atoms with Gasteiger partial charge in [-0.3, -0.25) is 0 Å². The van der Waals surface area contributed by atoms with E-state index in [4.69, 9.17) is 9.84 Å². The van der Waals surface area contributed by atoms with Crippen molar-refractivity contribution >= 4 is 27.5 Å². The molecule has 0 saturated heterocycles. The molecule has 0 fully saturated rings. The van der Waals surface area contributed by atoms with Crippen LogP contribution in [-0.2, 0) is 15.3 Å². The van der Waals surface area contributed by atoms with Gasteiger partial charge in [-0.2, -0.15) is 0 Å². The normalized spacial score (nSPS) is 16.6. The molecular weight excluding hydrogens is 448 g/mol.